The zero-order chi connectivity index (χ0) is 12.8. The van der Waals surface area contributed by atoms with E-state index < -0.39 is 11.5 Å². The van der Waals surface area contributed by atoms with Crippen LogP contribution in [0.3, 0.4) is 0 Å². The molecule has 1 aromatic carbocycles. The molecule has 1 aliphatic carbocycles. The zero-order valence-electron chi connectivity index (χ0n) is 10.9. The topological polar surface area (TPSA) is 43.1 Å². The third kappa shape index (κ3) is 1.74. The molecular formula is C14H19NO2. The monoisotopic (exact) mass is 233 g/mol. The van der Waals surface area contributed by atoms with Crippen LogP contribution in [-0.2, 0) is 10.8 Å². The van der Waals surface area contributed by atoms with E-state index in [1.807, 2.05) is 32.0 Å². The van der Waals surface area contributed by atoms with Gasteiger partial charge in [0.25, 0.3) is 0 Å². The molecule has 92 valence electrons. The van der Waals surface area contributed by atoms with Crippen LogP contribution < -0.4 is 0 Å². The van der Waals surface area contributed by atoms with Crippen molar-refractivity contribution in [1.82, 2.24) is 0 Å². The Morgan fingerprint density at radius 2 is 1.71 bits per heavy atom. The minimum absolute atomic E-state index is 0.113. The summed E-state index contributed by atoms with van der Waals surface area (Å²) >= 11 is 0. The Labute approximate surface area is 102 Å². The van der Waals surface area contributed by atoms with Gasteiger partial charge < -0.3 is 0 Å². The van der Waals surface area contributed by atoms with E-state index in [1.54, 1.807) is 0 Å². The van der Waals surface area contributed by atoms with E-state index in [9.17, 15) is 10.1 Å². The number of fused-ring (bicyclic) bond motifs is 1. The van der Waals surface area contributed by atoms with Gasteiger partial charge in [0, 0.05) is 11.3 Å². The molecular weight excluding hydrogens is 214 g/mol. The zero-order valence-corrected chi connectivity index (χ0v) is 10.9. The van der Waals surface area contributed by atoms with E-state index in [0.29, 0.717) is 6.42 Å². The first-order valence-corrected chi connectivity index (χ1v) is 6.00. The predicted molar refractivity (Wildman–Crippen MR) is 67.9 cm³/mol. The fraction of sp³-hybridized carbons (Fsp3) is 0.571. The highest BCUT2D eigenvalue weighted by Gasteiger charge is 2.50. The van der Waals surface area contributed by atoms with Gasteiger partial charge >= 0.3 is 0 Å². The van der Waals surface area contributed by atoms with E-state index in [2.05, 4.69) is 19.9 Å². The lowest BCUT2D eigenvalue weighted by molar-refractivity contribution is -0.537. The Hall–Kier alpha value is -1.38. The van der Waals surface area contributed by atoms with Gasteiger partial charge in [0.1, 0.15) is 0 Å². The maximum atomic E-state index is 11.3. The summed E-state index contributed by atoms with van der Waals surface area (Å²) in [6.45, 7) is 8.15. The smallest absolute Gasteiger partial charge is 0.222 e. The molecule has 0 aromatic heterocycles. The number of nitrogens with zero attached hydrogens (tertiary/aromatic N) is 1. The highest BCUT2D eigenvalue weighted by molar-refractivity contribution is 5.42. The van der Waals surface area contributed by atoms with Crippen molar-refractivity contribution in [3.05, 3.63) is 45.5 Å². The van der Waals surface area contributed by atoms with Gasteiger partial charge in [-0.25, -0.2) is 0 Å². The Bertz CT molecular complexity index is 463. The predicted octanol–water partition coefficient (Wildman–Crippen LogP) is 3.29. The average Bonchev–Trinajstić information content (AvgIpc) is 2.24. The molecule has 0 heterocycles. The molecule has 17 heavy (non-hydrogen) atoms. The van der Waals surface area contributed by atoms with Crippen LogP contribution >= 0.6 is 0 Å². The first kappa shape index (κ1) is 12.1. The van der Waals surface area contributed by atoms with Gasteiger partial charge in [0.05, 0.1) is 5.41 Å². The minimum Gasteiger partial charge on any atom is -0.264 e. The van der Waals surface area contributed by atoms with Crippen molar-refractivity contribution in [1.29, 1.82) is 0 Å². The van der Waals surface area contributed by atoms with Crippen molar-refractivity contribution in [2.24, 2.45) is 0 Å². The summed E-state index contributed by atoms with van der Waals surface area (Å²) in [5.74, 6) is 0. The van der Waals surface area contributed by atoms with E-state index in [0.717, 1.165) is 5.56 Å². The summed E-state index contributed by atoms with van der Waals surface area (Å²) in [6.07, 6.45) is 0.601. The van der Waals surface area contributed by atoms with Crippen LogP contribution in [-0.4, -0.2) is 11.0 Å². The Morgan fingerprint density at radius 1 is 1.18 bits per heavy atom. The molecule has 1 atom stereocenters. The molecule has 0 aliphatic heterocycles. The first-order valence-electron chi connectivity index (χ1n) is 6.00. The van der Waals surface area contributed by atoms with Crippen molar-refractivity contribution in [3.8, 4) is 0 Å². The van der Waals surface area contributed by atoms with Crippen molar-refractivity contribution >= 4 is 0 Å². The van der Waals surface area contributed by atoms with Gasteiger partial charge in [-0.05, 0) is 30.4 Å². The molecule has 0 bridgehead atoms. The Balaban J connectivity index is 2.64. The lowest BCUT2D eigenvalue weighted by Gasteiger charge is -2.42. The maximum absolute atomic E-state index is 11.3. The molecule has 1 unspecified atom stereocenters. The summed E-state index contributed by atoms with van der Waals surface area (Å²) in [5.41, 5.74) is 1.86. The summed E-state index contributed by atoms with van der Waals surface area (Å²) < 4.78 is 0. The van der Waals surface area contributed by atoms with Gasteiger partial charge in [-0.3, -0.25) is 10.1 Å². The van der Waals surface area contributed by atoms with Crippen molar-refractivity contribution in [2.45, 2.75) is 51.0 Å². The van der Waals surface area contributed by atoms with Gasteiger partial charge in [0.2, 0.25) is 6.04 Å². The minimum atomic E-state index is -0.507. The van der Waals surface area contributed by atoms with Gasteiger partial charge in [0.15, 0.2) is 0 Å². The molecule has 1 aliphatic rings. The lowest BCUT2D eigenvalue weighted by atomic mass is 9.61. The second kappa shape index (κ2) is 3.56. The number of hydrogen-bond acceptors (Lipinski definition) is 2. The quantitative estimate of drug-likeness (QED) is 0.551. The van der Waals surface area contributed by atoms with Crippen LogP contribution in [0.1, 0.15) is 45.2 Å². The molecule has 0 spiro atoms. The molecule has 3 heteroatoms. The molecule has 0 fully saturated rings. The molecule has 3 nitrogen and oxygen atoms in total. The van der Waals surface area contributed by atoms with Crippen molar-refractivity contribution < 1.29 is 4.92 Å². The van der Waals surface area contributed by atoms with E-state index in [4.69, 9.17) is 0 Å². The summed E-state index contributed by atoms with van der Waals surface area (Å²) in [7, 11) is 0. The summed E-state index contributed by atoms with van der Waals surface area (Å²) in [4.78, 5) is 11.2. The highest BCUT2D eigenvalue weighted by Crippen LogP contribution is 2.46. The largest absolute Gasteiger partial charge is 0.264 e. The van der Waals surface area contributed by atoms with Crippen LogP contribution in [0.5, 0.6) is 0 Å². The van der Waals surface area contributed by atoms with Crippen molar-refractivity contribution in [2.75, 3.05) is 0 Å². The average molecular weight is 233 g/mol. The van der Waals surface area contributed by atoms with Crippen LogP contribution in [0.4, 0.5) is 0 Å². The molecule has 0 N–H and O–H groups in total. The standard InChI is InChI=1S/C14H19NO2/c1-13(2)9-12(15(16)17)14(3,4)11-8-6-5-7-10(11)13/h5-8,12H,9H2,1-4H3. The number of rotatable bonds is 1. The fourth-order valence-corrected chi connectivity index (χ4v) is 3.00. The van der Waals surface area contributed by atoms with Crippen LogP contribution in [0, 0.1) is 10.1 Å². The maximum Gasteiger partial charge on any atom is 0.222 e. The van der Waals surface area contributed by atoms with Crippen LogP contribution in [0.25, 0.3) is 0 Å². The van der Waals surface area contributed by atoms with E-state index >= 15 is 0 Å². The highest BCUT2D eigenvalue weighted by atomic mass is 16.6. The number of benzene rings is 1. The SMILES string of the molecule is CC1(C)CC([N+](=O)[O-])C(C)(C)c2ccccc21. The third-order valence-electron chi connectivity index (χ3n) is 4.14. The van der Waals surface area contributed by atoms with Gasteiger partial charge in [-0.2, -0.15) is 0 Å². The summed E-state index contributed by atoms with van der Waals surface area (Å²) in [5, 5.41) is 11.3. The molecule has 0 radical (unpaired) electrons. The van der Waals surface area contributed by atoms with E-state index in [1.165, 1.54) is 5.56 Å². The summed E-state index contributed by atoms with van der Waals surface area (Å²) in [6, 6.07) is 7.62. The number of nitro groups is 1. The van der Waals surface area contributed by atoms with Crippen LogP contribution in [0.15, 0.2) is 24.3 Å². The molecule has 1 aromatic rings. The second-order valence-corrected chi connectivity index (χ2v) is 6.16. The van der Waals surface area contributed by atoms with Crippen molar-refractivity contribution in [3.63, 3.8) is 0 Å². The van der Waals surface area contributed by atoms with Gasteiger partial charge in [-0.15, -0.1) is 0 Å². The van der Waals surface area contributed by atoms with E-state index in [-0.39, 0.29) is 10.3 Å². The first-order chi connectivity index (χ1) is 7.77. The molecule has 0 saturated carbocycles. The second-order valence-electron chi connectivity index (χ2n) is 6.16. The van der Waals surface area contributed by atoms with Gasteiger partial charge in [-0.1, -0.05) is 38.1 Å². The Morgan fingerprint density at radius 3 is 2.24 bits per heavy atom. The number of hydrogen-bond donors (Lipinski definition) is 0. The third-order valence-corrected chi connectivity index (χ3v) is 4.14. The Kier molecular flexibility index (Phi) is 2.53. The molecule has 0 amide bonds. The molecule has 0 saturated heterocycles. The lowest BCUT2D eigenvalue weighted by Crippen LogP contribution is -2.49. The van der Waals surface area contributed by atoms with Crippen LogP contribution in [0.2, 0.25) is 0 Å². The molecule has 2 rings (SSSR count). The fourth-order valence-electron chi connectivity index (χ4n) is 3.00. The normalized spacial score (nSPS) is 25.1.